The van der Waals surface area contributed by atoms with Gasteiger partial charge in [0.25, 0.3) is 0 Å². The van der Waals surface area contributed by atoms with Crippen LogP contribution in [0.15, 0.2) is 59.5 Å². The molecule has 2 aromatic carbocycles. The number of nitrogens with one attached hydrogen (secondary N) is 1. The zero-order valence-corrected chi connectivity index (χ0v) is 17.0. The van der Waals surface area contributed by atoms with Gasteiger partial charge in [-0.2, -0.15) is 0 Å². The molecule has 28 heavy (non-hydrogen) atoms. The fourth-order valence-corrected chi connectivity index (χ4v) is 4.07. The second-order valence-electron chi connectivity index (χ2n) is 7.03. The van der Waals surface area contributed by atoms with Gasteiger partial charge in [0.05, 0.1) is 5.75 Å². The number of halogens is 1. The van der Waals surface area contributed by atoms with E-state index in [2.05, 4.69) is 45.4 Å². The molecular weight excluding hydrogens is 373 g/mol. The molecule has 1 amide bonds. The summed E-state index contributed by atoms with van der Waals surface area (Å²) in [6, 6.07) is 17.1. The highest BCUT2D eigenvalue weighted by atomic mass is 32.2. The van der Waals surface area contributed by atoms with E-state index in [1.54, 1.807) is 18.2 Å². The van der Waals surface area contributed by atoms with Gasteiger partial charge >= 0.3 is 0 Å². The molecule has 150 valence electrons. The van der Waals surface area contributed by atoms with Gasteiger partial charge in [-0.25, -0.2) is 4.39 Å². The highest BCUT2D eigenvalue weighted by molar-refractivity contribution is 8.00. The molecule has 1 aliphatic rings. The molecule has 0 aromatic heterocycles. The molecule has 0 bridgehead atoms. The van der Waals surface area contributed by atoms with E-state index in [1.165, 1.54) is 23.4 Å². The van der Waals surface area contributed by atoms with E-state index in [0.717, 1.165) is 45.7 Å². The Morgan fingerprint density at radius 3 is 2.39 bits per heavy atom. The molecule has 0 atom stereocenters. The average Bonchev–Trinajstić information content (AvgIpc) is 2.72. The number of thioether (sulfide) groups is 1. The second-order valence-corrected chi connectivity index (χ2v) is 8.04. The predicted octanol–water partition coefficient (Wildman–Crippen LogP) is 3.24. The zero-order chi connectivity index (χ0) is 19.6. The average molecular weight is 402 g/mol. The summed E-state index contributed by atoms with van der Waals surface area (Å²) in [6.07, 6.45) is 0.939. The van der Waals surface area contributed by atoms with E-state index in [9.17, 15) is 9.18 Å². The first kappa shape index (κ1) is 20.8. The summed E-state index contributed by atoms with van der Waals surface area (Å²) in [5.41, 5.74) is 1.37. The smallest absolute Gasteiger partial charge is 0.230 e. The van der Waals surface area contributed by atoms with Crippen molar-refractivity contribution in [3.05, 3.63) is 66.0 Å². The fraction of sp³-hybridized carbons (Fsp3) is 0.409. The van der Waals surface area contributed by atoms with E-state index >= 15 is 0 Å². The number of carbonyl (C=O) groups is 1. The van der Waals surface area contributed by atoms with Crippen LogP contribution in [-0.2, 0) is 11.3 Å². The van der Waals surface area contributed by atoms with Crippen LogP contribution in [0.1, 0.15) is 12.0 Å². The summed E-state index contributed by atoms with van der Waals surface area (Å²) >= 11 is 1.24. The lowest BCUT2D eigenvalue weighted by Crippen LogP contribution is -2.46. The number of nitrogens with zero attached hydrogens (tertiary/aromatic N) is 2. The molecule has 4 nitrogen and oxygen atoms in total. The van der Waals surface area contributed by atoms with Crippen molar-refractivity contribution in [3.8, 4) is 0 Å². The number of hydrogen-bond donors (Lipinski definition) is 1. The second kappa shape index (κ2) is 11.2. The molecule has 1 N–H and O–H groups in total. The third kappa shape index (κ3) is 6.93. The van der Waals surface area contributed by atoms with E-state index < -0.39 is 0 Å². The molecule has 2 aromatic rings. The monoisotopic (exact) mass is 401 g/mol. The summed E-state index contributed by atoms with van der Waals surface area (Å²) in [5.74, 6) is -0.0633. The maximum absolute atomic E-state index is 13.5. The molecule has 0 aliphatic carbocycles. The Labute approximate surface area is 171 Å². The first-order chi connectivity index (χ1) is 13.7. The Morgan fingerprint density at radius 1 is 0.964 bits per heavy atom. The molecule has 0 saturated carbocycles. The molecule has 1 fully saturated rings. The Kier molecular flexibility index (Phi) is 8.33. The first-order valence-corrected chi connectivity index (χ1v) is 10.8. The van der Waals surface area contributed by atoms with Crippen LogP contribution in [0.25, 0.3) is 0 Å². The standard InChI is InChI=1S/C22H28FN3OS/c23-20-9-4-5-10-21(20)28-18-22(27)24-11-6-12-25-13-15-26(16-14-25)17-19-7-2-1-3-8-19/h1-5,7-10H,6,11-18H2,(H,24,27). The van der Waals surface area contributed by atoms with Crippen molar-refractivity contribution >= 4 is 17.7 Å². The lowest BCUT2D eigenvalue weighted by molar-refractivity contribution is -0.118. The topological polar surface area (TPSA) is 35.6 Å². The third-order valence-electron chi connectivity index (χ3n) is 4.88. The quantitative estimate of drug-likeness (QED) is 0.517. The molecule has 0 spiro atoms. The Hall–Kier alpha value is -1.89. The van der Waals surface area contributed by atoms with Gasteiger partial charge in [-0.05, 0) is 30.7 Å². The van der Waals surface area contributed by atoms with Gasteiger partial charge in [-0.1, -0.05) is 42.5 Å². The molecule has 6 heteroatoms. The first-order valence-electron chi connectivity index (χ1n) is 9.83. The molecule has 1 heterocycles. The van der Waals surface area contributed by atoms with Crippen LogP contribution in [0.5, 0.6) is 0 Å². The fourth-order valence-electron chi connectivity index (χ4n) is 3.30. The van der Waals surface area contributed by atoms with E-state index in [1.807, 2.05) is 0 Å². The number of rotatable bonds is 9. The lowest BCUT2D eigenvalue weighted by atomic mass is 10.2. The summed E-state index contributed by atoms with van der Waals surface area (Å²) in [6.45, 7) is 7.00. The van der Waals surface area contributed by atoms with E-state index in [0.29, 0.717) is 11.4 Å². The normalized spacial score (nSPS) is 15.5. The van der Waals surface area contributed by atoms with Gasteiger partial charge in [0.1, 0.15) is 5.82 Å². The van der Waals surface area contributed by atoms with Gasteiger partial charge in [-0.15, -0.1) is 11.8 Å². The summed E-state index contributed by atoms with van der Waals surface area (Å²) in [5, 5.41) is 2.93. The molecule has 1 saturated heterocycles. The predicted molar refractivity (Wildman–Crippen MR) is 113 cm³/mol. The van der Waals surface area contributed by atoms with Crippen molar-refractivity contribution < 1.29 is 9.18 Å². The molecule has 0 radical (unpaired) electrons. The molecule has 3 rings (SSSR count). The van der Waals surface area contributed by atoms with Crippen LogP contribution in [0.2, 0.25) is 0 Å². The van der Waals surface area contributed by atoms with Crippen molar-refractivity contribution in [2.45, 2.75) is 17.9 Å². The van der Waals surface area contributed by atoms with Crippen molar-refractivity contribution in [2.75, 3.05) is 45.0 Å². The minimum absolute atomic E-state index is 0.0408. The largest absolute Gasteiger partial charge is 0.355 e. The SMILES string of the molecule is O=C(CSc1ccccc1F)NCCCN1CCN(Cc2ccccc2)CC1. The van der Waals surface area contributed by atoms with Crippen LogP contribution in [0.4, 0.5) is 4.39 Å². The minimum atomic E-state index is -0.272. The zero-order valence-electron chi connectivity index (χ0n) is 16.1. The van der Waals surface area contributed by atoms with Crippen LogP contribution in [0, 0.1) is 5.82 Å². The van der Waals surface area contributed by atoms with Gasteiger partial charge in [0.15, 0.2) is 0 Å². The van der Waals surface area contributed by atoms with Gasteiger partial charge in [-0.3, -0.25) is 9.69 Å². The number of carbonyl (C=O) groups excluding carboxylic acids is 1. The molecule has 0 unspecified atom stereocenters. The minimum Gasteiger partial charge on any atom is -0.355 e. The maximum atomic E-state index is 13.5. The number of benzene rings is 2. The van der Waals surface area contributed by atoms with Gasteiger partial charge < -0.3 is 10.2 Å². The Morgan fingerprint density at radius 2 is 1.64 bits per heavy atom. The number of amides is 1. The Bertz CT molecular complexity index is 736. The van der Waals surface area contributed by atoms with Crippen LogP contribution in [-0.4, -0.2) is 60.7 Å². The molecule has 1 aliphatic heterocycles. The lowest BCUT2D eigenvalue weighted by Gasteiger charge is -2.34. The number of hydrogen-bond acceptors (Lipinski definition) is 4. The summed E-state index contributed by atoms with van der Waals surface area (Å²) < 4.78 is 13.5. The van der Waals surface area contributed by atoms with E-state index in [4.69, 9.17) is 0 Å². The van der Waals surface area contributed by atoms with Crippen molar-refractivity contribution in [3.63, 3.8) is 0 Å². The van der Waals surface area contributed by atoms with Gasteiger partial charge in [0.2, 0.25) is 5.91 Å². The van der Waals surface area contributed by atoms with Crippen molar-refractivity contribution in [1.82, 2.24) is 15.1 Å². The van der Waals surface area contributed by atoms with Crippen molar-refractivity contribution in [1.29, 1.82) is 0 Å². The number of piperazine rings is 1. The van der Waals surface area contributed by atoms with Crippen LogP contribution >= 0.6 is 11.8 Å². The highest BCUT2D eigenvalue weighted by Gasteiger charge is 2.16. The maximum Gasteiger partial charge on any atom is 0.230 e. The summed E-state index contributed by atoms with van der Waals surface area (Å²) in [7, 11) is 0. The Balaban J connectivity index is 1.25. The summed E-state index contributed by atoms with van der Waals surface area (Å²) in [4.78, 5) is 17.4. The van der Waals surface area contributed by atoms with Crippen LogP contribution in [0.3, 0.4) is 0 Å². The molecular formula is C22H28FN3OS. The van der Waals surface area contributed by atoms with Crippen molar-refractivity contribution in [2.24, 2.45) is 0 Å². The van der Waals surface area contributed by atoms with Crippen LogP contribution < -0.4 is 5.32 Å². The van der Waals surface area contributed by atoms with E-state index in [-0.39, 0.29) is 17.5 Å². The van der Waals surface area contributed by atoms with Gasteiger partial charge in [0, 0.05) is 44.2 Å². The highest BCUT2D eigenvalue weighted by Crippen LogP contribution is 2.20. The third-order valence-corrected chi connectivity index (χ3v) is 5.93.